The third-order valence-corrected chi connectivity index (χ3v) is 3.69. The Morgan fingerprint density at radius 2 is 2.04 bits per heavy atom. The number of rotatable bonds is 9. The van der Waals surface area contributed by atoms with E-state index in [4.69, 9.17) is 9.47 Å². The van der Waals surface area contributed by atoms with Crippen LogP contribution in [0.3, 0.4) is 0 Å². The minimum atomic E-state index is -0.263. The van der Waals surface area contributed by atoms with Crippen molar-refractivity contribution in [3.05, 3.63) is 12.2 Å². The Hall–Kier alpha value is -2.18. The van der Waals surface area contributed by atoms with Gasteiger partial charge in [-0.1, -0.05) is 13.3 Å². The molecule has 0 fully saturated rings. The fourth-order valence-corrected chi connectivity index (χ4v) is 2.38. The lowest BCUT2D eigenvalue weighted by molar-refractivity contribution is -0.144. The molecule has 2 aliphatic rings. The van der Waals surface area contributed by atoms with Gasteiger partial charge in [0.1, 0.15) is 13.2 Å². The molecule has 23 heavy (non-hydrogen) atoms. The Morgan fingerprint density at radius 3 is 2.70 bits per heavy atom. The highest BCUT2D eigenvalue weighted by Crippen LogP contribution is 2.10. The van der Waals surface area contributed by atoms with Gasteiger partial charge in [-0.25, -0.2) is 0 Å². The van der Waals surface area contributed by atoms with Gasteiger partial charge in [-0.2, -0.15) is 0 Å². The van der Waals surface area contributed by atoms with Crippen LogP contribution in [0.25, 0.3) is 0 Å². The lowest BCUT2D eigenvalue weighted by Crippen LogP contribution is -2.30. The molecular formula is C16H22N2O5. The van der Waals surface area contributed by atoms with Gasteiger partial charge in [0.2, 0.25) is 0 Å². The molecule has 0 aromatic rings. The average Bonchev–Trinajstić information content (AvgIpc) is 3.17. The molecule has 0 spiro atoms. The molecule has 1 atom stereocenters. The van der Waals surface area contributed by atoms with Crippen LogP contribution in [-0.2, 0) is 23.9 Å². The monoisotopic (exact) mass is 322 g/mol. The van der Waals surface area contributed by atoms with Gasteiger partial charge in [0, 0.05) is 25.1 Å². The average molecular weight is 322 g/mol. The SMILES string of the molecule is CC(COC(=O)CCCCCN1C(=O)C=CC1=O)C1=NCCO1. The minimum Gasteiger partial charge on any atom is -0.479 e. The maximum atomic E-state index is 11.7. The highest BCUT2D eigenvalue weighted by Gasteiger charge is 2.22. The maximum Gasteiger partial charge on any atom is 0.305 e. The Labute approximate surface area is 135 Å². The molecule has 0 saturated heterocycles. The zero-order chi connectivity index (χ0) is 16.7. The zero-order valence-corrected chi connectivity index (χ0v) is 13.3. The topological polar surface area (TPSA) is 85.3 Å². The van der Waals surface area contributed by atoms with Crippen LogP contribution in [0.1, 0.15) is 32.6 Å². The summed E-state index contributed by atoms with van der Waals surface area (Å²) in [5.74, 6) is -0.126. The summed E-state index contributed by atoms with van der Waals surface area (Å²) >= 11 is 0. The number of hydrogen-bond acceptors (Lipinski definition) is 6. The highest BCUT2D eigenvalue weighted by atomic mass is 16.5. The number of esters is 1. The van der Waals surface area contributed by atoms with Crippen molar-refractivity contribution >= 4 is 23.7 Å². The predicted molar refractivity (Wildman–Crippen MR) is 82.7 cm³/mol. The molecule has 0 aromatic heterocycles. The second-order valence-corrected chi connectivity index (χ2v) is 5.62. The first-order valence-corrected chi connectivity index (χ1v) is 7.94. The number of unbranched alkanes of at least 4 members (excludes halogenated alkanes) is 2. The largest absolute Gasteiger partial charge is 0.479 e. The summed E-state index contributed by atoms with van der Waals surface area (Å²) in [5.41, 5.74) is 0. The molecule has 7 nitrogen and oxygen atoms in total. The van der Waals surface area contributed by atoms with E-state index in [-0.39, 0.29) is 30.3 Å². The summed E-state index contributed by atoms with van der Waals surface area (Å²) in [6.07, 6.45) is 5.01. The number of hydrogen-bond donors (Lipinski definition) is 0. The normalized spacial score (nSPS) is 18.1. The summed E-state index contributed by atoms with van der Waals surface area (Å²) in [6.45, 7) is 3.86. The summed E-state index contributed by atoms with van der Waals surface area (Å²) < 4.78 is 10.5. The van der Waals surface area contributed by atoms with Gasteiger partial charge >= 0.3 is 5.97 Å². The van der Waals surface area contributed by atoms with Crippen LogP contribution in [0.5, 0.6) is 0 Å². The van der Waals surface area contributed by atoms with Crippen molar-refractivity contribution in [3.63, 3.8) is 0 Å². The van der Waals surface area contributed by atoms with Gasteiger partial charge in [0.25, 0.3) is 11.8 Å². The number of aliphatic imine (C=N–C) groups is 1. The van der Waals surface area contributed by atoms with Crippen molar-refractivity contribution in [2.75, 3.05) is 26.3 Å². The van der Waals surface area contributed by atoms with Crippen LogP contribution >= 0.6 is 0 Å². The van der Waals surface area contributed by atoms with E-state index in [1.165, 1.54) is 17.1 Å². The van der Waals surface area contributed by atoms with E-state index in [0.29, 0.717) is 44.9 Å². The molecule has 2 rings (SSSR count). The minimum absolute atomic E-state index is 0.0128. The van der Waals surface area contributed by atoms with Crippen molar-refractivity contribution in [2.45, 2.75) is 32.6 Å². The summed E-state index contributed by atoms with van der Waals surface area (Å²) in [5, 5.41) is 0. The number of carbonyl (C=O) groups is 3. The molecule has 2 amide bonds. The van der Waals surface area contributed by atoms with Crippen LogP contribution in [0.15, 0.2) is 17.1 Å². The number of carbonyl (C=O) groups excluding carboxylic acids is 3. The first-order valence-electron chi connectivity index (χ1n) is 7.94. The molecule has 0 radical (unpaired) electrons. The van der Waals surface area contributed by atoms with E-state index in [1.54, 1.807) is 0 Å². The molecule has 2 aliphatic heterocycles. The lowest BCUT2D eigenvalue weighted by Gasteiger charge is -2.13. The Morgan fingerprint density at radius 1 is 1.30 bits per heavy atom. The quantitative estimate of drug-likeness (QED) is 0.360. The van der Waals surface area contributed by atoms with E-state index in [2.05, 4.69) is 4.99 Å². The van der Waals surface area contributed by atoms with Crippen LogP contribution in [0, 0.1) is 5.92 Å². The molecule has 0 N–H and O–H groups in total. The highest BCUT2D eigenvalue weighted by molar-refractivity contribution is 6.12. The van der Waals surface area contributed by atoms with Crippen molar-refractivity contribution in [1.82, 2.24) is 4.90 Å². The Kier molecular flexibility index (Phi) is 6.31. The Balaban J connectivity index is 1.51. The van der Waals surface area contributed by atoms with E-state index >= 15 is 0 Å². The Bertz CT molecular complexity index is 509. The van der Waals surface area contributed by atoms with Crippen molar-refractivity contribution in [3.8, 4) is 0 Å². The van der Waals surface area contributed by atoms with Crippen LogP contribution in [-0.4, -0.2) is 54.9 Å². The van der Waals surface area contributed by atoms with E-state index in [1.807, 2.05) is 6.92 Å². The van der Waals surface area contributed by atoms with Crippen molar-refractivity contribution < 1.29 is 23.9 Å². The molecule has 126 valence electrons. The van der Waals surface area contributed by atoms with Gasteiger partial charge in [-0.3, -0.25) is 24.3 Å². The summed E-state index contributed by atoms with van der Waals surface area (Å²) in [6, 6.07) is 0. The van der Waals surface area contributed by atoms with Gasteiger partial charge in [0.15, 0.2) is 5.90 Å². The van der Waals surface area contributed by atoms with Gasteiger partial charge < -0.3 is 9.47 Å². The first kappa shape index (κ1) is 17.2. The molecule has 2 heterocycles. The lowest BCUT2D eigenvalue weighted by atomic mass is 10.2. The van der Waals surface area contributed by atoms with Crippen molar-refractivity contribution in [1.29, 1.82) is 0 Å². The number of nitrogens with zero attached hydrogens (tertiary/aromatic N) is 2. The first-order chi connectivity index (χ1) is 11.1. The fraction of sp³-hybridized carbons (Fsp3) is 0.625. The number of imide groups is 1. The maximum absolute atomic E-state index is 11.7. The zero-order valence-electron chi connectivity index (χ0n) is 13.3. The predicted octanol–water partition coefficient (Wildman–Crippen LogP) is 1.08. The molecule has 0 aromatic carbocycles. The summed E-state index contributed by atoms with van der Waals surface area (Å²) in [7, 11) is 0. The molecular weight excluding hydrogens is 300 g/mol. The smallest absolute Gasteiger partial charge is 0.305 e. The van der Waals surface area contributed by atoms with Crippen molar-refractivity contribution in [2.24, 2.45) is 10.9 Å². The van der Waals surface area contributed by atoms with Crippen LogP contribution < -0.4 is 0 Å². The van der Waals surface area contributed by atoms with Crippen LogP contribution in [0.2, 0.25) is 0 Å². The molecule has 0 aliphatic carbocycles. The van der Waals surface area contributed by atoms with Gasteiger partial charge in [-0.05, 0) is 12.8 Å². The van der Waals surface area contributed by atoms with Gasteiger partial charge in [0.05, 0.1) is 12.5 Å². The molecule has 0 saturated carbocycles. The van der Waals surface area contributed by atoms with E-state index in [0.717, 1.165) is 6.42 Å². The third kappa shape index (κ3) is 5.19. The number of ether oxygens (including phenoxy) is 2. The summed E-state index contributed by atoms with van der Waals surface area (Å²) in [4.78, 5) is 39.7. The third-order valence-electron chi connectivity index (χ3n) is 3.69. The standard InChI is InChI=1S/C16H22N2O5/c1-12(16-17-8-10-22-16)11-23-15(21)5-3-2-4-9-18-13(19)6-7-14(18)20/h6-7,12H,2-5,8-11H2,1H3. The fourth-order valence-electron chi connectivity index (χ4n) is 2.38. The molecule has 1 unspecified atom stereocenters. The number of amides is 2. The second-order valence-electron chi connectivity index (χ2n) is 5.62. The van der Waals surface area contributed by atoms with E-state index < -0.39 is 0 Å². The molecule has 7 heteroatoms. The van der Waals surface area contributed by atoms with E-state index in [9.17, 15) is 14.4 Å². The molecule has 0 bridgehead atoms. The second kappa shape index (κ2) is 8.45. The van der Waals surface area contributed by atoms with Gasteiger partial charge in [-0.15, -0.1) is 0 Å². The van der Waals surface area contributed by atoms with Crippen LogP contribution in [0.4, 0.5) is 0 Å².